The fourth-order valence-electron chi connectivity index (χ4n) is 4.48. The van der Waals surface area contributed by atoms with Crippen LogP contribution in [0.3, 0.4) is 0 Å². The number of carbonyl (C=O) groups excluding carboxylic acids is 1. The van der Waals surface area contributed by atoms with Crippen LogP contribution in [0.5, 0.6) is 0 Å². The molecule has 2 N–H and O–H groups in total. The summed E-state index contributed by atoms with van der Waals surface area (Å²) < 4.78 is 11.5. The number of carbonyl (C=O) groups is 1. The van der Waals surface area contributed by atoms with Gasteiger partial charge in [-0.2, -0.15) is 0 Å². The molecule has 2 unspecified atom stereocenters. The highest BCUT2D eigenvalue weighted by molar-refractivity contribution is 6.02. The van der Waals surface area contributed by atoms with E-state index in [0.717, 1.165) is 5.56 Å². The van der Waals surface area contributed by atoms with Crippen LogP contribution in [0.1, 0.15) is 37.8 Å². The lowest BCUT2D eigenvalue weighted by atomic mass is 9.80. The van der Waals surface area contributed by atoms with Crippen LogP contribution in [-0.2, 0) is 20.8 Å². The Kier molecular flexibility index (Phi) is 6.80. The molecule has 0 amide bonds. The van der Waals surface area contributed by atoms with E-state index in [2.05, 4.69) is 15.8 Å². The molecule has 0 saturated heterocycles. The molecule has 2 aliphatic heterocycles. The van der Waals surface area contributed by atoms with Crippen molar-refractivity contribution in [3.8, 4) is 0 Å². The summed E-state index contributed by atoms with van der Waals surface area (Å²) in [5.41, 5.74) is 6.89. The Morgan fingerprint density at radius 3 is 2.58 bits per heavy atom. The fourth-order valence-corrected chi connectivity index (χ4v) is 4.48. The van der Waals surface area contributed by atoms with E-state index in [1.54, 1.807) is 19.1 Å². The molecule has 2 aromatic rings. The van der Waals surface area contributed by atoms with Gasteiger partial charge in [0.1, 0.15) is 0 Å². The molecule has 0 bridgehead atoms. The van der Waals surface area contributed by atoms with E-state index in [9.17, 15) is 14.9 Å². The summed E-state index contributed by atoms with van der Waals surface area (Å²) in [6, 6.07) is 16.2. The smallest absolute Gasteiger partial charge is 0.336 e. The van der Waals surface area contributed by atoms with Gasteiger partial charge in [-0.15, -0.1) is 5.10 Å². The van der Waals surface area contributed by atoms with Gasteiger partial charge in [0.25, 0.3) is 11.5 Å². The van der Waals surface area contributed by atoms with E-state index in [1.807, 2.05) is 56.1 Å². The summed E-state index contributed by atoms with van der Waals surface area (Å²) in [5, 5.41) is 19.2. The molecular formula is C26H29N5O5. The van der Waals surface area contributed by atoms with Crippen LogP contribution in [0.15, 0.2) is 82.2 Å². The first-order valence-corrected chi connectivity index (χ1v) is 11.4. The molecule has 36 heavy (non-hydrogen) atoms. The Balaban J connectivity index is 1.72. The lowest BCUT2D eigenvalue weighted by molar-refractivity contribution is -0.384. The van der Waals surface area contributed by atoms with E-state index >= 15 is 0 Å². The highest BCUT2D eigenvalue weighted by Gasteiger charge is 2.44. The normalized spacial score (nSPS) is 21.5. The van der Waals surface area contributed by atoms with Gasteiger partial charge in [-0.05, 0) is 32.0 Å². The van der Waals surface area contributed by atoms with Crippen molar-refractivity contribution in [2.45, 2.75) is 39.1 Å². The molecule has 2 atom stereocenters. The maximum atomic E-state index is 12.9. The standard InChI is InChI=1S/C26H29N5O5/c1-16-21(24-28-29-26(3,36-24)30(4)15-18-10-7-6-8-11-18)23(22(17(2)27-16)25(32)35-5)19-12-9-13-20(14-19)31(33)34/h6-14,23,27,29H,15H2,1-5H3. The highest BCUT2D eigenvalue weighted by atomic mass is 16.6. The number of nitro benzene ring substituents is 1. The lowest BCUT2D eigenvalue weighted by Gasteiger charge is -2.35. The minimum atomic E-state index is -0.965. The third kappa shape index (κ3) is 4.67. The average Bonchev–Trinajstić information content (AvgIpc) is 3.26. The molecule has 2 aliphatic rings. The molecule has 0 fully saturated rings. The van der Waals surface area contributed by atoms with Gasteiger partial charge < -0.3 is 14.8 Å². The fraction of sp³-hybridized carbons (Fsp3) is 0.308. The monoisotopic (exact) mass is 491 g/mol. The molecular weight excluding hydrogens is 462 g/mol. The molecule has 0 aliphatic carbocycles. The van der Waals surface area contributed by atoms with Crippen LogP contribution in [-0.4, -0.2) is 41.7 Å². The van der Waals surface area contributed by atoms with Crippen LogP contribution in [0.4, 0.5) is 5.69 Å². The maximum absolute atomic E-state index is 12.9. The van der Waals surface area contributed by atoms with Crippen molar-refractivity contribution < 1.29 is 19.2 Å². The van der Waals surface area contributed by atoms with Gasteiger partial charge >= 0.3 is 5.97 Å². The van der Waals surface area contributed by atoms with E-state index < -0.39 is 22.7 Å². The first-order chi connectivity index (χ1) is 17.1. The number of nitrogens with one attached hydrogen (secondary N) is 2. The van der Waals surface area contributed by atoms with Crippen LogP contribution in [0.2, 0.25) is 0 Å². The molecule has 2 heterocycles. The summed E-state index contributed by atoms with van der Waals surface area (Å²) in [5.74, 6) is -1.92. The number of rotatable bonds is 7. The lowest BCUT2D eigenvalue weighted by Crippen LogP contribution is -2.52. The first kappa shape index (κ1) is 24.9. The number of hydrazone groups is 1. The number of hydrogen-bond acceptors (Lipinski definition) is 9. The third-order valence-corrected chi connectivity index (χ3v) is 6.46. The molecule has 10 nitrogen and oxygen atoms in total. The topological polar surface area (TPSA) is 118 Å². The number of non-ortho nitro benzene ring substituents is 1. The summed E-state index contributed by atoms with van der Waals surface area (Å²) in [7, 11) is 3.22. The number of nitrogens with zero attached hydrogens (tertiary/aromatic N) is 3. The van der Waals surface area contributed by atoms with Crippen molar-refractivity contribution in [3.63, 3.8) is 0 Å². The Morgan fingerprint density at radius 2 is 1.92 bits per heavy atom. The molecule has 4 rings (SSSR count). The van der Waals surface area contributed by atoms with Crippen molar-refractivity contribution in [1.29, 1.82) is 0 Å². The van der Waals surface area contributed by atoms with Gasteiger partial charge in [0.15, 0.2) is 0 Å². The molecule has 0 spiro atoms. The van der Waals surface area contributed by atoms with Crippen molar-refractivity contribution in [2.24, 2.45) is 5.10 Å². The number of ether oxygens (including phenoxy) is 2. The minimum Gasteiger partial charge on any atom is -0.466 e. The van der Waals surface area contributed by atoms with E-state index in [0.29, 0.717) is 34.6 Å². The number of methoxy groups -OCH3 is 1. The molecule has 0 aromatic heterocycles. The van der Waals surface area contributed by atoms with Gasteiger partial charge in [0.2, 0.25) is 5.90 Å². The Morgan fingerprint density at radius 1 is 1.19 bits per heavy atom. The summed E-state index contributed by atoms with van der Waals surface area (Å²) in [4.78, 5) is 25.9. The van der Waals surface area contributed by atoms with Gasteiger partial charge in [-0.3, -0.25) is 15.5 Å². The summed E-state index contributed by atoms with van der Waals surface area (Å²) >= 11 is 0. The van der Waals surface area contributed by atoms with Crippen LogP contribution in [0.25, 0.3) is 0 Å². The van der Waals surface area contributed by atoms with Gasteiger partial charge in [0, 0.05) is 42.6 Å². The predicted octanol–water partition coefficient (Wildman–Crippen LogP) is 3.74. The highest BCUT2D eigenvalue weighted by Crippen LogP contribution is 2.41. The number of nitro groups is 1. The molecule has 0 radical (unpaired) electrons. The predicted molar refractivity (Wildman–Crippen MR) is 134 cm³/mol. The van der Waals surface area contributed by atoms with Crippen molar-refractivity contribution in [1.82, 2.24) is 15.6 Å². The van der Waals surface area contributed by atoms with E-state index in [4.69, 9.17) is 9.47 Å². The van der Waals surface area contributed by atoms with Crippen molar-refractivity contribution in [3.05, 3.63) is 98.4 Å². The zero-order chi connectivity index (χ0) is 26.0. The third-order valence-electron chi connectivity index (χ3n) is 6.46. The van der Waals surface area contributed by atoms with Crippen LogP contribution >= 0.6 is 0 Å². The molecule has 10 heteroatoms. The summed E-state index contributed by atoms with van der Waals surface area (Å²) in [6.07, 6.45) is 0. The number of benzene rings is 2. The van der Waals surface area contributed by atoms with E-state index in [1.165, 1.54) is 19.2 Å². The van der Waals surface area contributed by atoms with Crippen LogP contribution in [0, 0.1) is 10.1 Å². The SMILES string of the molecule is COC(=O)C1=C(C)NC(C)=C(C2=NNC(C)(N(C)Cc3ccccc3)O2)C1c1cccc([N+](=O)[O-])c1. The number of hydrogen-bond donors (Lipinski definition) is 2. The van der Waals surface area contributed by atoms with Crippen molar-refractivity contribution in [2.75, 3.05) is 14.2 Å². The Labute approximate surface area is 209 Å². The molecule has 188 valence electrons. The minimum absolute atomic E-state index is 0.0789. The summed E-state index contributed by atoms with van der Waals surface area (Å²) in [6.45, 7) is 6.09. The van der Waals surface area contributed by atoms with Gasteiger partial charge in [-0.25, -0.2) is 9.69 Å². The zero-order valence-electron chi connectivity index (χ0n) is 20.9. The molecule has 2 aromatic carbocycles. The van der Waals surface area contributed by atoms with Gasteiger partial charge in [0.05, 0.1) is 23.5 Å². The second-order valence-electron chi connectivity index (χ2n) is 8.93. The second-order valence-corrected chi connectivity index (χ2v) is 8.93. The average molecular weight is 492 g/mol. The number of dihydropyridines is 1. The van der Waals surface area contributed by atoms with Crippen molar-refractivity contribution >= 4 is 17.6 Å². The maximum Gasteiger partial charge on any atom is 0.336 e. The second kappa shape index (κ2) is 9.82. The quantitative estimate of drug-likeness (QED) is 0.342. The number of allylic oxidation sites excluding steroid dienone is 2. The zero-order valence-corrected chi connectivity index (χ0v) is 20.9. The Hall–Kier alpha value is -4.18. The van der Waals surface area contributed by atoms with E-state index in [-0.39, 0.29) is 11.6 Å². The Bertz CT molecular complexity index is 1290. The van der Waals surface area contributed by atoms with Crippen LogP contribution < -0.4 is 10.7 Å². The largest absolute Gasteiger partial charge is 0.466 e. The first-order valence-electron chi connectivity index (χ1n) is 11.4. The number of esters is 1. The molecule has 0 saturated carbocycles. The van der Waals surface area contributed by atoms with Gasteiger partial charge in [-0.1, -0.05) is 42.5 Å².